The van der Waals surface area contributed by atoms with Gasteiger partial charge in [0.1, 0.15) is 13.2 Å². The van der Waals surface area contributed by atoms with Gasteiger partial charge in [-0.1, -0.05) is 296 Å². The molecule has 0 aromatic heterocycles. The van der Waals surface area contributed by atoms with Crippen LogP contribution < -0.4 is 0 Å². The summed E-state index contributed by atoms with van der Waals surface area (Å²) >= 11 is 0. The molecule has 0 amide bonds. The third kappa shape index (κ3) is 55.1. The zero-order valence-electron chi connectivity index (χ0n) is 46.2. The Morgan fingerprint density at radius 1 is 0.279 bits per heavy atom. The molecule has 0 saturated heterocycles. The van der Waals surface area contributed by atoms with Gasteiger partial charge < -0.3 is 14.2 Å². The predicted octanol–water partition coefficient (Wildman–Crippen LogP) is 20.5. The molecule has 0 aromatic carbocycles. The van der Waals surface area contributed by atoms with Crippen molar-refractivity contribution in [3.05, 3.63) is 12.2 Å². The van der Waals surface area contributed by atoms with Gasteiger partial charge in [-0.05, 0) is 44.9 Å². The largest absolute Gasteiger partial charge is 0.462 e. The van der Waals surface area contributed by atoms with Crippen LogP contribution in [0.2, 0.25) is 0 Å². The van der Waals surface area contributed by atoms with Gasteiger partial charge in [0, 0.05) is 19.3 Å². The van der Waals surface area contributed by atoms with Gasteiger partial charge in [-0.25, -0.2) is 0 Å². The van der Waals surface area contributed by atoms with E-state index in [0.717, 1.165) is 57.8 Å². The molecule has 0 N–H and O–H groups in total. The van der Waals surface area contributed by atoms with Crippen molar-refractivity contribution < 1.29 is 28.6 Å². The van der Waals surface area contributed by atoms with E-state index >= 15 is 0 Å². The van der Waals surface area contributed by atoms with Crippen LogP contribution in [-0.4, -0.2) is 37.2 Å². The Morgan fingerprint density at radius 3 is 0.735 bits per heavy atom. The van der Waals surface area contributed by atoms with Crippen LogP contribution in [0.25, 0.3) is 0 Å². The lowest BCUT2D eigenvalue weighted by Gasteiger charge is -2.18. The third-order valence-corrected chi connectivity index (χ3v) is 14.0. The number of unbranched alkanes of at least 4 members (excludes halogenated alkanes) is 44. The SMILES string of the molecule is CCCCCCCC/C=C/CCCCCCCCCCCC(=O)OC[C@@H](COC(=O)CCCCCCCCCCCCCCCC)OC(=O)CCCCCCCCCCCCCCCCCCC. The maximum Gasteiger partial charge on any atom is 0.306 e. The van der Waals surface area contributed by atoms with E-state index in [0.29, 0.717) is 19.3 Å². The molecule has 0 fully saturated rings. The average molecular weight is 960 g/mol. The molecule has 0 aliphatic rings. The van der Waals surface area contributed by atoms with Crippen LogP contribution in [0.15, 0.2) is 12.2 Å². The van der Waals surface area contributed by atoms with Gasteiger partial charge in [-0.15, -0.1) is 0 Å². The number of carbonyl (C=O) groups excluding carboxylic acids is 3. The van der Waals surface area contributed by atoms with Crippen LogP contribution in [-0.2, 0) is 28.6 Å². The molecule has 6 heteroatoms. The second-order valence-electron chi connectivity index (χ2n) is 21.0. The zero-order chi connectivity index (χ0) is 49.3. The van der Waals surface area contributed by atoms with Gasteiger partial charge in [0.25, 0.3) is 0 Å². The molecule has 402 valence electrons. The van der Waals surface area contributed by atoms with E-state index < -0.39 is 6.10 Å². The van der Waals surface area contributed by atoms with Crippen molar-refractivity contribution in [3.63, 3.8) is 0 Å². The summed E-state index contributed by atoms with van der Waals surface area (Å²) in [5.74, 6) is -0.838. The third-order valence-electron chi connectivity index (χ3n) is 14.0. The first-order valence-corrected chi connectivity index (χ1v) is 30.7. The molecule has 0 bridgehead atoms. The van der Waals surface area contributed by atoms with Crippen molar-refractivity contribution in [1.29, 1.82) is 0 Å². The number of allylic oxidation sites excluding steroid dienone is 2. The van der Waals surface area contributed by atoms with Crippen molar-refractivity contribution >= 4 is 17.9 Å². The summed E-state index contributed by atoms with van der Waals surface area (Å²) in [7, 11) is 0. The molecule has 0 rings (SSSR count). The molecule has 0 aromatic rings. The zero-order valence-corrected chi connectivity index (χ0v) is 46.2. The lowest BCUT2D eigenvalue weighted by molar-refractivity contribution is -0.167. The Morgan fingerprint density at radius 2 is 0.485 bits per heavy atom. The molecule has 0 unspecified atom stereocenters. The highest BCUT2D eigenvalue weighted by Crippen LogP contribution is 2.18. The minimum Gasteiger partial charge on any atom is -0.462 e. The summed E-state index contributed by atoms with van der Waals surface area (Å²) < 4.78 is 16.9. The molecule has 0 aliphatic heterocycles. The highest BCUT2D eigenvalue weighted by atomic mass is 16.6. The Labute approximate surface area is 424 Å². The summed E-state index contributed by atoms with van der Waals surface area (Å²) in [6, 6.07) is 0. The lowest BCUT2D eigenvalue weighted by atomic mass is 10.0. The number of hydrogen-bond donors (Lipinski definition) is 0. The number of hydrogen-bond acceptors (Lipinski definition) is 6. The minimum atomic E-state index is -0.765. The molecular weight excluding hydrogens is 841 g/mol. The minimum absolute atomic E-state index is 0.0640. The molecule has 0 saturated carbocycles. The fraction of sp³-hybridized carbons (Fsp3) is 0.919. The number of carbonyl (C=O) groups is 3. The summed E-state index contributed by atoms with van der Waals surface area (Å²) in [5.41, 5.74) is 0. The predicted molar refractivity (Wildman–Crippen MR) is 293 cm³/mol. The van der Waals surface area contributed by atoms with Crippen molar-refractivity contribution in [2.75, 3.05) is 13.2 Å². The number of rotatable bonds is 57. The molecule has 0 radical (unpaired) electrons. The molecule has 1 atom stereocenters. The van der Waals surface area contributed by atoms with E-state index in [-0.39, 0.29) is 31.1 Å². The van der Waals surface area contributed by atoms with Gasteiger partial charge >= 0.3 is 17.9 Å². The Balaban J connectivity index is 4.29. The first kappa shape index (κ1) is 66.2. The maximum absolute atomic E-state index is 12.9. The van der Waals surface area contributed by atoms with Gasteiger partial charge in [0.15, 0.2) is 6.10 Å². The fourth-order valence-corrected chi connectivity index (χ4v) is 9.38. The van der Waals surface area contributed by atoms with E-state index in [4.69, 9.17) is 14.2 Å². The fourth-order valence-electron chi connectivity index (χ4n) is 9.38. The van der Waals surface area contributed by atoms with E-state index in [2.05, 4.69) is 32.9 Å². The van der Waals surface area contributed by atoms with Crippen LogP contribution in [0, 0.1) is 0 Å². The smallest absolute Gasteiger partial charge is 0.306 e. The van der Waals surface area contributed by atoms with Crippen molar-refractivity contribution in [2.24, 2.45) is 0 Å². The van der Waals surface area contributed by atoms with E-state index in [1.165, 1.54) is 250 Å². The van der Waals surface area contributed by atoms with Crippen LogP contribution in [0.4, 0.5) is 0 Å². The van der Waals surface area contributed by atoms with Crippen molar-refractivity contribution in [3.8, 4) is 0 Å². The Bertz CT molecular complexity index is 1060. The summed E-state index contributed by atoms with van der Waals surface area (Å²) in [6.07, 6.45) is 66.3. The summed E-state index contributed by atoms with van der Waals surface area (Å²) in [4.78, 5) is 38.2. The van der Waals surface area contributed by atoms with Gasteiger partial charge in [0.05, 0.1) is 0 Å². The highest BCUT2D eigenvalue weighted by molar-refractivity contribution is 5.71. The molecule has 0 spiro atoms. The topological polar surface area (TPSA) is 78.9 Å². The normalized spacial score (nSPS) is 12.0. The molecule has 0 heterocycles. The molecule has 68 heavy (non-hydrogen) atoms. The molecular formula is C62H118O6. The van der Waals surface area contributed by atoms with Crippen molar-refractivity contribution in [2.45, 2.75) is 354 Å². The monoisotopic (exact) mass is 959 g/mol. The number of esters is 3. The standard InChI is InChI=1S/C62H118O6/c1-4-7-10-13-16-19-22-25-28-30-31-33-34-37-40-43-46-49-52-55-61(64)67-58-59(57-66-60(63)54-51-48-45-42-39-36-27-24-21-18-15-12-9-6-3)68-62(65)56-53-50-47-44-41-38-35-32-29-26-23-20-17-14-11-8-5-2/h25,28,59H,4-24,26-27,29-58H2,1-3H3/b28-25+/t59-/m1/s1. The van der Waals surface area contributed by atoms with Crippen LogP contribution in [0.3, 0.4) is 0 Å². The molecule has 0 aliphatic carbocycles. The second kappa shape index (κ2) is 57.7. The van der Waals surface area contributed by atoms with Gasteiger partial charge in [0.2, 0.25) is 0 Å². The van der Waals surface area contributed by atoms with E-state index in [1.54, 1.807) is 0 Å². The van der Waals surface area contributed by atoms with E-state index in [9.17, 15) is 14.4 Å². The average Bonchev–Trinajstić information content (AvgIpc) is 3.34. The first-order chi connectivity index (χ1) is 33.5. The Kier molecular flexibility index (Phi) is 56.2. The summed E-state index contributed by atoms with van der Waals surface area (Å²) in [5, 5.41) is 0. The summed E-state index contributed by atoms with van der Waals surface area (Å²) in [6.45, 7) is 6.70. The van der Waals surface area contributed by atoms with Crippen LogP contribution in [0.1, 0.15) is 348 Å². The van der Waals surface area contributed by atoms with E-state index in [1.807, 2.05) is 0 Å². The van der Waals surface area contributed by atoms with Gasteiger partial charge in [-0.3, -0.25) is 14.4 Å². The lowest BCUT2D eigenvalue weighted by Crippen LogP contribution is -2.30. The van der Waals surface area contributed by atoms with Crippen molar-refractivity contribution in [1.82, 2.24) is 0 Å². The Hall–Kier alpha value is -1.85. The molecule has 6 nitrogen and oxygen atoms in total. The maximum atomic E-state index is 12.9. The highest BCUT2D eigenvalue weighted by Gasteiger charge is 2.19. The quantitative estimate of drug-likeness (QED) is 0.0262. The first-order valence-electron chi connectivity index (χ1n) is 30.7. The van der Waals surface area contributed by atoms with Crippen LogP contribution in [0.5, 0.6) is 0 Å². The second-order valence-corrected chi connectivity index (χ2v) is 21.0. The van der Waals surface area contributed by atoms with Crippen LogP contribution >= 0.6 is 0 Å². The van der Waals surface area contributed by atoms with Gasteiger partial charge in [-0.2, -0.15) is 0 Å². The number of ether oxygens (including phenoxy) is 3.